The van der Waals surface area contributed by atoms with Gasteiger partial charge < -0.3 is 4.90 Å². The molecule has 132 valence electrons. The van der Waals surface area contributed by atoms with Gasteiger partial charge in [-0.1, -0.05) is 12.8 Å². The fraction of sp³-hybridized carbons (Fsp3) is 0.579. The third kappa shape index (κ3) is 3.57. The zero-order valence-corrected chi connectivity index (χ0v) is 14.5. The summed E-state index contributed by atoms with van der Waals surface area (Å²) in [5.41, 5.74) is 0.893. The lowest BCUT2D eigenvalue weighted by Gasteiger charge is -2.35. The van der Waals surface area contributed by atoms with Crippen LogP contribution >= 0.6 is 0 Å². The van der Waals surface area contributed by atoms with Crippen molar-refractivity contribution in [1.82, 2.24) is 25.1 Å². The summed E-state index contributed by atoms with van der Waals surface area (Å²) in [6.45, 7) is 0.832. The van der Waals surface area contributed by atoms with E-state index in [9.17, 15) is 4.79 Å². The molecule has 1 saturated heterocycles. The highest BCUT2D eigenvalue weighted by Crippen LogP contribution is 2.33. The summed E-state index contributed by atoms with van der Waals surface area (Å²) in [7, 11) is 0. The number of hydrogen-bond acceptors (Lipinski definition) is 4. The number of aromatic nitrogens is 4. The smallest absolute Gasteiger partial charge is 0.223 e. The van der Waals surface area contributed by atoms with Gasteiger partial charge in [0.25, 0.3) is 0 Å². The van der Waals surface area contributed by atoms with Crippen molar-refractivity contribution >= 4 is 5.91 Å². The molecule has 0 spiro atoms. The van der Waals surface area contributed by atoms with E-state index in [1.54, 1.807) is 12.4 Å². The summed E-state index contributed by atoms with van der Waals surface area (Å²) in [6, 6.07) is 3.85. The molecule has 1 atom stereocenters. The summed E-state index contributed by atoms with van der Waals surface area (Å²) in [5.74, 6) is 2.32. The summed E-state index contributed by atoms with van der Waals surface area (Å²) < 4.78 is 0. The molecular formula is C19H25N5O. The number of aromatic amines is 1. The molecule has 1 aliphatic carbocycles. The Morgan fingerprint density at radius 1 is 1.20 bits per heavy atom. The topological polar surface area (TPSA) is 74.8 Å². The van der Waals surface area contributed by atoms with E-state index in [0.717, 1.165) is 37.2 Å². The molecule has 4 rings (SSSR count). The molecule has 1 N–H and O–H groups in total. The van der Waals surface area contributed by atoms with Crippen LogP contribution in [0, 0.1) is 5.92 Å². The number of hydrogen-bond donors (Lipinski definition) is 1. The van der Waals surface area contributed by atoms with Gasteiger partial charge in [-0.25, -0.2) is 4.98 Å². The largest absolute Gasteiger partial charge is 0.332 e. The molecule has 1 unspecified atom stereocenters. The van der Waals surface area contributed by atoms with E-state index in [1.165, 1.54) is 25.7 Å². The first-order chi connectivity index (χ1) is 12.3. The second-order valence-corrected chi connectivity index (χ2v) is 7.24. The van der Waals surface area contributed by atoms with Crippen molar-refractivity contribution in [2.75, 3.05) is 6.54 Å². The summed E-state index contributed by atoms with van der Waals surface area (Å²) >= 11 is 0. The lowest BCUT2D eigenvalue weighted by Crippen LogP contribution is -2.39. The SMILES string of the molecule is O=C(CC1CCCC1)N1CCCCC1c1nc(-c2cccnc2)n[nH]1. The van der Waals surface area contributed by atoms with Gasteiger partial charge in [-0.05, 0) is 50.2 Å². The van der Waals surface area contributed by atoms with Gasteiger partial charge in [-0.15, -0.1) is 0 Å². The maximum Gasteiger partial charge on any atom is 0.223 e. The number of amides is 1. The van der Waals surface area contributed by atoms with Crippen LogP contribution in [0.15, 0.2) is 24.5 Å². The van der Waals surface area contributed by atoms with Gasteiger partial charge in [0.1, 0.15) is 5.82 Å². The van der Waals surface area contributed by atoms with E-state index in [1.807, 2.05) is 17.0 Å². The monoisotopic (exact) mass is 339 g/mol. The van der Waals surface area contributed by atoms with Crippen molar-refractivity contribution in [2.45, 2.75) is 57.4 Å². The van der Waals surface area contributed by atoms with E-state index in [-0.39, 0.29) is 11.9 Å². The van der Waals surface area contributed by atoms with Crippen LogP contribution in [0.5, 0.6) is 0 Å². The number of H-pyrrole nitrogens is 1. The van der Waals surface area contributed by atoms with E-state index in [4.69, 9.17) is 0 Å². The molecule has 3 heterocycles. The Morgan fingerprint density at radius 3 is 2.84 bits per heavy atom. The van der Waals surface area contributed by atoms with Gasteiger partial charge in [-0.3, -0.25) is 14.9 Å². The maximum absolute atomic E-state index is 12.9. The van der Waals surface area contributed by atoms with Gasteiger partial charge in [0.15, 0.2) is 5.82 Å². The summed E-state index contributed by atoms with van der Waals surface area (Å²) in [4.78, 5) is 23.7. The lowest BCUT2D eigenvalue weighted by molar-refractivity contribution is -0.136. The lowest BCUT2D eigenvalue weighted by atomic mass is 9.98. The first-order valence-electron chi connectivity index (χ1n) is 9.43. The average Bonchev–Trinajstić information content (AvgIpc) is 3.34. The fourth-order valence-electron chi connectivity index (χ4n) is 4.14. The number of carbonyl (C=O) groups excluding carboxylic acids is 1. The van der Waals surface area contributed by atoms with Crippen LogP contribution in [0.4, 0.5) is 0 Å². The molecular weight excluding hydrogens is 314 g/mol. The average molecular weight is 339 g/mol. The zero-order valence-electron chi connectivity index (χ0n) is 14.5. The van der Waals surface area contributed by atoms with E-state index in [2.05, 4.69) is 20.2 Å². The van der Waals surface area contributed by atoms with Crippen molar-refractivity contribution in [3.05, 3.63) is 30.4 Å². The standard InChI is InChI=1S/C19H25N5O/c25-17(12-14-6-1-2-7-14)24-11-4-3-9-16(24)19-21-18(22-23-19)15-8-5-10-20-13-15/h5,8,10,13-14,16H,1-4,6-7,9,11-12H2,(H,21,22,23). The van der Waals surface area contributed by atoms with E-state index < -0.39 is 0 Å². The Morgan fingerprint density at radius 2 is 2.04 bits per heavy atom. The quantitative estimate of drug-likeness (QED) is 0.925. The third-order valence-corrected chi connectivity index (χ3v) is 5.50. The maximum atomic E-state index is 12.9. The highest BCUT2D eigenvalue weighted by atomic mass is 16.2. The van der Waals surface area contributed by atoms with Gasteiger partial charge in [0, 0.05) is 30.9 Å². The van der Waals surface area contributed by atoms with Crippen LogP contribution in [-0.2, 0) is 4.79 Å². The molecule has 0 aromatic carbocycles. The van der Waals surface area contributed by atoms with Gasteiger partial charge in [-0.2, -0.15) is 5.10 Å². The predicted molar refractivity (Wildman–Crippen MR) is 94.5 cm³/mol. The van der Waals surface area contributed by atoms with Crippen LogP contribution < -0.4 is 0 Å². The first-order valence-corrected chi connectivity index (χ1v) is 9.43. The molecule has 2 fully saturated rings. The van der Waals surface area contributed by atoms with Crippen molar-refractivity contribution in [1.29, 1.82) is 0 Å². The molecule has 0 radical (unpaired) electrons. The first kappa shape index (κ1) is 16.2. The number of nitrogens with zero attached hydrogens (tertiary/aromatic N) is 4. The number of pyridine rings is 1. The van der Waals surface area contributed by atoms with Gasteiger partial charge in [0.2, 0.25) is 5.91 Å². The van der Waals surface area contributed by atoms with E-state index in [0.29, 0.717) is 18.2 Å². The van der Waals surface area contributed by atoms with Crippen molar-refractivity contribution in [2.24, 2.45) is 5.92 Å². The van der Waals surface area contributed by atoms with Crippen LogP contribution in [0.2, 0.25) is 0 Å². The molecule has 2 aromatic rings. The summed E-state index contributed by atoms with van der Waals surface area (Å²) in [5, 5.41) is 7.41. The number of likely N-dealkylation sites (tertiary alicyclic amines) is 1. The van der Waals surface area contributed by atoms with E-state index >= 15 is 0 Å². The minimum atomic E-state index is 0.0283. The number of carbonyl (C=O) groups is 1. The highest BCUT2D eigenvalue weighted by molar-refractivity contribution is 5.77. The Labute approximate surface area is 148 Å². The molecule has 0 bridgehead atoms. The highest BCUT2D eigenvalue weighted by Gasteiger charge is 2.32. The number of piperidine rings is 1. The minimum absolute atomic E-state index is 0.0283. The van der Waals surface area contributed by atoms with Crippen molar-refractivity contribution in [3.63, 3.8) is 0 Å². The van der Waals surface area contributed by atoms with Crippen LogP contribution in [-0.4, -0.2) is 37.5 Å². The molecule has 1 aliphatic heterocycles. The third-order valence-electron chi connectivity index (χ3n) is 5.50. The van der Waals surface area contributed by atoms with Crippen LogP contribution in [0.3, 0.4) is 0 Å². The second-order valence-electron chi connectivity index (χ2n) is 7.24. The molecule has 6 nitrogen and oxygen atoms in total. The molecule has 25 heavy (non-hydrogen) atoms. The Bertz CT molecular complexity index is 708. The second kappa shape index (κ2) is 7.33. The molecule has 1 saturated carbocycles. The minimum Gasteiger partial charge on any atom is -0.332 e. The molecule has 6 heteroatoms. The number of nitrogens with one attached hydrogen (secondary N) is 1. The Hall–Kier alpha value is -2.24. The van der Waals surface area contributed by atoms with Crippen molar-refractivity contribution in [3.8, 4) is 11.4 Å². The zero-order chi connectivity index (χ0) is 17.1. The number of rotatable bonds is 4. The molecule has 2 aliphatic rings. The Kier molecular flexibility index (Phi) is 4.76. The van der Waals surface area contributed by atoms with Crippen molar-refractivity contribution < 1.29 is 4.79 Å². The van der Waals surface area contributed by atoms with Gasteiger partial charge >= 0.3 is 0 Å². The predicted octanol–water partition coefficient (Wildman–Crippen LogP) is 3.50. The Balaban J connectivity index is 1.51. The van der Waals surface area contributed by atoms with Gasteiger partial charge in [0.05, 0.1) is 6.04 Å². The van der Waals surface area contributed by atoms with Crippen LogP contribution in [0.1, 0.15) is 63.2 Å². The normalized spacial score (nSPS) is 21.6. The van der Waals surface area contributed by atoms with Crippen LogP contribution in [0.25, 0.3) is 11.4 Å². The summed E-state index contributed by atoms with van der Waals surface area (Å²) in [6.07, 6.45) is 12.3. The fourth-order valence-corrected chi connectivity index (χ4v) is 4.14. The molecule has 2 aromatic heterocycles. The molecule has 1 amide bonds.